The summed E-state index contributed by atoms with van der Waals surface area (Å²) >= 11 is 6.15. The molecule has 2 aromatic heterocycles. The number of ether oxygens (including phenoxy) is 1. The molecule has 0 N–H and O–H groups in total. The van der Waals surface area contributed by atoms with Gasteiger partial charge >= 0.3 is 0 Å². The maximum Gasteiger partial charge on any atom is 0.296 e. The number of hydrogen-bond acceptors (Lipinski definition) is 5. The molecule has 0 aliphatic carbocycles. The molecule has 7 heteroatoms. The third-order valence-electron chi connectivity index (χ3n) is 5.63. The Balaban J connectivity index is 1.77. The van der Waals surface area contributed by atoms with Crippen molar-refractivity contribution in [2.75, 3.05) is 11.5 Å². The molecule has 4 aromatic rings. The predicted octanol–water partition coefficient (Wildman–Crippen LogP) is 5.69. The predicted molar refractivity (Wildman–Crippen MR) is 127 cm³/mol. The zero-order valence-corrected chi connectivity index (χ0v) is 18.9. The molecule has 5 rings (SSSR count). The van der Waals surface area contributed by atoms with Crippen molar-refractivity contribution in [3.8, 4) is 5.75 Å². The molecule has 1 aliphatic heterocycles. The van der Waals surface area contributed by atoms with Crippen molar-refractivity contribution in [3.05, 3.63) is 98.5 Å². The van der Waals surface area contributed by atoms with Crippen LogP contribution in [-0.4, -0.2) is 17.5 Å². The fourth-order valence-electron chi connectivity index (χ4n) is 4.14. The van der Waals surface area contributed by atoms with Crippen LogP contribution in [0.25, 0.3) is 11.0 Å². The van der Waals surface area contributed by atoms with E-state index in [4.69, 9.17) is 20.8 Å². The van der Waals surface area contributed by atoms with Gasteiger partial charge in [-0.3, -0.25) is 14.5 Å². The molecule has 33 heavy (non-hydrogen) atoms. The van der Waals surface area contributed by atoms with Gasteiger partial charge in [-0.2, -0.15) is 0 Å². The lowest BCUT2D eigenvalue weighted by Crippen LogP contribution is -2.30. The Hall–Kier alpha value is -3.64. The number of amides is 1. The maximum atomic E-state index is 13.7. The van der Waals surface area contributed by atoms with Gasteiger partial charge in [0.15, 0.2) is 5.43 Å². The van der Waals surface area contributed by atoms with Gasteiger partial charge in [-0.25, -0.2) is 4.98 Å². The minimum atomic E-state index is -0.716. The van der Waals surface area contributed by atoms with Crippen molar-refractivity contribution in [2.45, 2.75) is 26.3 Å². The first-order valence-electron chi connectivity index (χ1n) is 10.7. The van der Waals surface area contributed by atoms with Gasteiger partial charge in [0.1, 0.15) is 17.2 Å². The second-order valence-electron chi connectivity index (χ2n) is 8.00. The number of pyridine rings is 1. The largest absolute Gasteiger partial charge is 0.494 e. The second kappa shape index (κ2) is 8.37. The average molecular weight is 461 g/mol. The number of carbonyl (C=O) groups is 1. The van der Waals surface area contributed by atoms with Crippen LogP contribution in [0, 0.1) is 6.92 Å². The lowest BCUT2D eigenvalue weighted by atomic mass is 9.98. The Labute approximate surface area is 195 Å². The third-order valence-corrected chi connectivity index (χ3v) is 5.86. The lowest BCUT2D eigenvalue weighted by Gasteiger charge is -2.24. The molecular weight excluding hydrogens is 440 g/mol. The van der Waals surface area contributed by atoms with Crippen LogP contribution in [0.1, 0.15) is 46.6 Å². The highest BCUT2D eigenvalue weighted by Gasteiger charge is 2.44. The molecule has 0 bridgehead atoms. The van der Waals surface area contributed by atoms with Crippen LogP contribution < -0.4 is 15.1 Å². The monoisotopic (exact) mass is 460 g/mol. The number of fused-ring (bicyclic) bond motifs is 2. The number of benzene rings is 2. The lowest BCUT2D eigenvalue weighted by molar-refractivity contribution is 0.0970. The summed E-state index contributed by atoms with van der Waals surface area (Å²) in [5.74, 6) is 0.711. The summed E-state index contributed by atoms with van der Waals surface area (Å²) in [6.07, 6.45) is 2.51. The van der Waals surface area contributed by atoms with E-state index in [9.17, 15) is 9.59 Å². The fourth-order valence-corrected chi connectivity index (χ4v) is 4.32. The van der Waals surface area contributed by atoms with Crippen molar-refractivity contribution in [2.24, 2.45) is 0 Å². The zero-order chi connectivity index (χ0) is 23.1. The topological polar surface area (TPSA) is 72.6 Å². The normalized spacial score (nSPS) is 15.2. The van der Waals surface area contributed by atoms with Gasteiger partial charge in [0, 0.05) is 11.2 Å². The number of nitrogens with zero attached hydrogens (tertiary/aromatic N) is 2. The Kier molecular flexibility index (Phi) is 5.38. The van der Waals surface area contributed by atoms with Crippen molar-refractivity contribution in [3.63, 3.8) is 0 Å². The Morgan fingerprint density at radius 3 is 2.76 bits per heavy atom. The van der Waals surface area contributed by atoms with E-state index >= 15 is 0 Å². The molecule has 0 radical (unpaired) electrons. The van der Waals surface area contributed by atoms with E-state index in [0.29, 0.717) is 34.2 Å². The van der Waals surface area contributed by atoms with E-state index in [-0.39, 0.29) is 16.8 Å². The quantitative estimate of drug-likeness (QED) is 0.382. The third kappa shape index (κ3) is 3.66. The first kappa shape index (κ1) is 21.2. The van der Waals surface area contributed by atoms with Crippen LogP contribution in [0.4, 0.5) is 5.82 Å². The van der Waals surface area contributed by atoms with Gasteiger partial charge < -0.3 is 9.15 Å². The van der Waals surface area contributed by atoms with E-state index in [0.717, 1.165) is 17.5 Å². The summed E-state index contributed by atoms with van der Waals surface area (Å²) < 4.78 is 11.8. The minimum Gasteiger partial charge on any atom is -0.494 e. The molecular formula is C26H21ClN2O4. The van der Waals surface area contributed by atoms with Gasteiger partial charge in [-0.1, -0.05) is 30.7 Å². The van der Waals surface area contributed by atoms with Crippen molar-refractivity contribution < 1.29 is 13.9 Å². The van der Waals surface area contributed by atoms with Crippen molar-refractivity contribution in [1.82, 2.24) is 4.98 Å². The number of halogens is 1. The van der Waals surface area contributed by atoms with Crippen LogP contribution in [0.5, 0.6) is 5.75 Å². The van der Waals surface area contributed by atoms with E-state index in [1.165, 1.54) is 4.90 Å². The van der Waals surface area contributed by atoms with E-state index in [2.05, 4.69) is 4.98 Å². The number of hydrogen-bond donors (Lipinski definition) is 0. The molecule has 0 saturated heterocycles. The molecule has 2 aromatic carbocycles. The van der Waals surface area contributed by atoms with Crippen LogP contribution in [0.15, 0.2) is 70.0 Å². The Morgan fingerprint density at radius 1 is 1.12 bits per heavy atom. The van der Waals surface area contributed by atoms with Crippen LogP contribution in [0.2, 0.25) is 5.02 Å². The van der Waals surface area contributed by atoms with Gasteiger partial charge in [0.05, 0.1) is 23.6 Å². The number of anilines is 1. The van der Waals surface area contributed by atoms with Crippen LogP contribution >= 0.6 is 11.6 Å². The summed E-state index contributed by atoms with van der Waals surface area (Å²) in [6, 6.07) is 15.2. The second-order valence-corrected chi connectivity index (χ2v) is 8.44. The smallest absolute Gasteiger partial charge is 0.296 e. The van der Waals surface area contributed by atoms with E-state index in [1.54, 1.807) is 24.4 Å². The first-order chi connectivity index (χ1) is 16.0. The molecule has 1 aliphatic rings. The van der Waals surface area contributed by atoms with Crippen LogP contribution in [0.3, 0.4) is 0 Å². The van der Waals surface area contributed by atoms with Gasteiger partial charge in [0.2, 0.25) is 5.76 Å². The average Bonchev–Trinajstić information content (AvgIpc) is 3.11. The van der Waals surface area contributed by atoms with E-state index in [1.807, 2.05) is 50.2 Å². The molecule has 0 saturated carbocycles. The number of aryl methyl sites for hydroxylation is 1. The molecule has 166 valence electrons. The highest BCUT2D eigenvalue weighted by Crippen LogP contribution is 2.41. The van der Waals surface area contributed by atoms with Gasteiger partial charge in [-0.05, 0) is 66.9 Å². The molecule has 1 unspecified atom stereocenters. The number of rotatable bonds is 5. The molecule has 3 heterocycles. The molecule has 0 fully saturated rings. The Morgan fingerprint density at radius 2 is 1.97 bits per heavy atom. The van der Waals surface area contributed by atoms with Gasteiger partial charge in [-0.15, -0.1) is 0 Å². The maximum absolute atomic E-state index is 13.7. The number of carbonyl (C=O) groups excluding carboxylic acids is 1. The number of aromatic nitrogens is 1. The molecule has 1 amide bonds. The highest BCUT2D eigenvalue weighted by molar-refractivity contribution is 6.31. The summed E-state index contributed by atoms with van der Waals surface area (Å²) in [7, 11) is 0. The van der Waals surface area contributed by atoms with Crippen molar-refractivity contribution >= 4 is 34.3 Å². The van der Waals surface area contributed by atoms with Crippen LogP contribution in [-0.2, 0) is 0 Å². The summed E-state index contributed by atoms with van der Waals surface area (Å²) in [4.78, 5) is 33.2. The minimum absolute atomic E-state index is 0.0167. The molecule has 6 nitrogen and oxygen atoms in total. The standard InChI is InChI=1S/C26H21ClN2O4/c1-3-11-32-18-6-4-5-16(13-18)23-22-24(30)19-14-17(27)7-8-20(19)33-25(22)26(31)29(23)21-12-15(2)9-10-28-21/h4-10,12-14,23H,3,11H2,1-2H3. The van der Waals surface area contributed by atoms with Gasteiger partial charge in [0.25, 0.3) is 5.91 Å². The zero-order valence-electron chi connectivity index (χ0n) is 18.2. The SMILES string of the molecule is CCCOc1cccc(C2c3c(oc4ccc(Cl)cc4c3=O)C(=O)N2c2cc(C)ccn2)c1. The Bertz CT molecular complexity index is 1450. The summed E-state index contributed by atoms with van der Waals surface area (Å²) in [6.45, 7) is 4.52. The summed E-state index contributed by atoms with van der Waals surface area (Å²) in [5.41, 5.74) is 1.97. The molecule has 0 spiro atoms. The highest BCUT2D eigenvalue weighted by atomic mass is 35.5. The fraction of sp³-hybridized carbons (Fsp3) is 0.192. The van der Waals surface area contributed by atoms with E-state index < -0.39 is 11.9 Å². The summed E-state index contributed by atoms with van der Waals surface area (Å²) in [5, 5.41) is 0.749. The molecule has 1 atom stereocenters. The van der Waals surface area contributed by atoms with Crippen molar-refractivity contribution in [1.29, 1.82) is 0 Å². The first-order valence-corrected chi connectivity index (χ1v) is 11.1.